The molecule has 2 atom stereocenters. The first kappa shape index (κ1) is 14.8. The quantitative estimate of drug-likeness (QED) is 0.637. The summed E-state index contributed by atoms with van der Waals surface area (Å²) in [4.78, 5) is 22.7. The highest BCUT2D eigenvalue weighted by molar-refractivity contribution is 5.76. The van der Waals surface area contributed by atoms with E-state index < -0.39 is 11.9 Å². The number of rotatable bonds is 6. The van der Waals surface area contributed by atoms with Gasteiger partial charge in [0.1, 0.15) is 0 Å². The van der Waals surface area contributed by atoms with Gasteiger partial charge in [-0.05, 0) is 19.3 Å². The number of hydrogen-bond donors (Lipinski definition) is 3. The van der Waals surface area contributed by atoms with E-state index in [4.69, 9.17) is 5.11 Å². The summed E-state index contributed by atoms with van der Waals surface area (Å²) in [6.45, 7) is 2.77. The van der Waals surface area contributed by atoms with Gasteiger partial charge in [-0.2, -0.15) is 0 Å². The Morgan fingerprint density at radius 3 is 2.61 bits per heavy atom. The van der Waals surface area contributed by atoms with Crippen LogP contribution in [0.25, 0.3) is 0 Å². The zero-order chi connectivity index (χ0) is 13.4. The van der Waals surface area contributed by atoms with Crippen LogP contribution in [0, 0.1) is 5.92 Å². The molecule has 5 nitrogen and oxygen atoms in total. The minimum Gasteiger partial charge on any atom is -0.481 e. The van der Waals surface area contributed by atoms with Crippen molar-refractivity contribution in [3.8, 4) is 0 Å². The number of carboxylic acid groups (broad SMARTS) is 1. The van der Waals surface area contributed by atoms with E-state index in [9.17, 15) is 9.59 Å². The maximum Gasteiger partial charge on any atom is 0.315 e. The van der Waals surface area contributed by atoms with Crippen LogP contribution < -0.4 is 10.6 Å². The van der Waals surface area contributed by atoms with E-state index in [0.717, 1.165) is 38.5 Å². The number of unbranched alkanes of at least 4 members (excludes halogenated alkanes) is 2. The van der Waals surface area contributed by atoms with Gasteiger partial charge in [-0.15, -0.1) is 0 Å². The number of amides is 2. The lowest BCUT2D eigenvalue weighted by atomic mass is 9.84. The molecule has 0 radical (unpaired) electrons. The van der Waals surface area contributed by atoms with Crippen LogP contribution in [0.2, 0.25) is 0 Å². The van der Waals surface area contributed by atoms with E-state index in [1.165, 1.54) is 0 Å². The summed E-state index contributed by atoms with van der Waals surface area (Å²) in [6, 6.07) is -0.452. The van der Waals surface area contributed by atoms with Gasteiger partial charge in [0.15, 0.2) is 0 Å². The molecule has 104 valence electrons. The van der Waals surface area contributed by atoms with E-state index in [-0.39, 0.29) is 12.1 Å². The third-order valence-corrected chi connectivity index (χ3v) is 3.47. The Balaban J connectivity index is 2.30. The van der Waals surface area contributed by atoms with Crippen LogP contribution in [0.5, 0.6) is 0 Å². The SMILES string of the molecule is CCCCCNC(=O)NC1CCCCC1C(=O)O. The van der Waals surface area contributed by atoms with Crippen molar-refractivity contribution in [2.24, 2.45) is 5.92 Å². The number of carbonyl (C=O) groups is 2. The van der Waals surface area contributed by atoms with Crippen LogP contribution in [0.3, 0.4) is 0 Å². The van der Waals surface area contributed by atoms with Gasteiger partial charge in [-0.25, -0.2) is 4.79 Å². The standard InChI is InChI=1S/C13H24N2O3/c1-2-3-6-9-14-13(18)15-11-8-5-4-7-10(11)12(16)17/h10-11H,2-9H2,1H3,(H,16,17)(H2,14,15,18). The molecule has 0 aromatic heterocycles. The Labute approximate surface area is 108 Å². The van der Waals surface area contributed by atoms with Crippen LogP contribution in [0.4, 0.5) is 4.79 Å². The van der Waals surface area contributed by atoms with Crippen LogP contribution in [0.15, 0.2) is 0 Å². The fourth-order valence-electron chi connectivity index (χ4n) is 2.40. The van der Waals surface area contributed by atoms with Crippen LogP contribution in [-0.2, 0) is 4.79 Å². The molecule has 0 spiro atoms. The Morgan fingerprint density at radius 1 is 1.22 bits per heavy atom. The van der Waals surface area contributed by atoms with Crippen LogP contribution in [0.1, 0.15) is 51.9 Å². The Morgan fingerprint density at radius 2 is 1.94 bits per heavy atom. The topological polar surface area (TPSA) is 78.4 Å². The number of aliphatic carboxylic acids is 1. The first-order valence-electron chi connectivity index (χ1n) is 6.92. The molecule has 1 fully saturated rings. The van der Waals surface area contributed by atoms with Crippen LogP contribution >= 0.6 is 0 Å². The summed E-state index contributed by atoms with van der Waals surface area (Å²) in [5.74, 6) is -1.23. The molecule has 18 heavy (non-hydrogen) atoms. The van der Waals surface area contributed by atoms with Crippen molar-refractivity contribution in [1.29, 1.82) is 0 Å². The molecule has 1 aliphatic carbocycles. The second kappa shape index (κ2) is 7.95. The zero-order valence-electron chi connectivity index (χ0n) is 11.1. The maximum absolute atomic E-state index is 11.6. The number of hydrogen-bond acceptors (Lipinski definition) is 2. The molecule has 1 aliphatic rings. The molecule has 3 N–H and O–H groups in total. The lowest BCUT2D eigenvalue weighted by Gasteiger charge is -2.29. The molecular weight excluding hydrogens is 232 g/mol. The Kier molecular flexibility index (Phi) is 6.54. The average Bonchev–Trinajstić information content (AvgIpc) is 2.35. The fraction of sp³-hybridized carbons (Fsp3) is 0.846. The molecule has 0 heterocycles. The number of nitrogens with one attached hydrogen (secondary N) is 2. The minimum absolute atomic E-state index is 0.220. The lowest BCUT2D eigenvalue weighted by molar-refractivity contribution is -0.143. The fourth-order valence-corrected chi connectivity index (χ4v) is 2.40. The summed E-state index contributed by atoms with van der Waals surface area (Å²) in [5, 5.41) is 14.7. The monoisotopic (exact) mass is 256 g/mol. The summed E-state index contributed by atoms with van der Waals surface area (Å²) in [6.07, 6.45) is 6.54. The van der Waals surface area contributed by atoms with Crippen molar-refractivity contribution in [2.45, 2.75) is 57.9 Å². The predicted octanol–water partition coefficient (Wildman–Crippen LogP) is 2.12. The van der Waals surface area contributed by atoms with Gasteiger partial charge in [0.2, 0.25) is 0 Å². The summed E-state index contributed by atoms with van der Waals surface area (Å²) < 4.78 is 0. The second-order valence-corrected chi connectivity index (χ2v) is 4.94. The highest BCUT2D eigenvalue weighted by atomic mass is 16.4. The van der Waals surface area contributed by atoms with E-state index in [1.807, 2.05) is 0 Å². The highest BCUT2D eigenvalue weighted by Gasteiger charge is 2.31. The second-order valence-electron chi connectivity index (χ2n) is 4.94. The third-order valence-electron chi connectivity index (χ3n) is 3.47. The Hall–Kier alpha value is -1.26. The molecular formula is C13H24N2O3. The number of carboxylic acids is 1. The summed E-state index contributed by atoms with van der Waals surface area (Å²) in [5.41, 5.74) is 0. The molecule has 5 heteroatoms. The molecule has 0 aromatic rings. The van der Waals surface area contributed by atoms with Crippen molar-refractivity contribution in [3.63, 3.8) is 0 Å². The first-order chi connectivity index (χ1) is 8.65. The molecule has 0 bridgehead atoms. The molecule has 1 rings (SSSR count). The molecule has 2 amide bonds. The van der Waals surface area contributed by atoms with Gasteiger partial charge < -0.3 is 15.7 Å². The smallest absolute Gasteiger partial charge is 0.315 e. The molecule has 2 unspecified atom stereocenters. The predicted molar refractivity (Wildman–Crippen MR) is 69.4 cm³/mol. The third kappa shape index (κ3) is 4.94. The van der Waals surface area contributed by atoms with Crippen molar-refractivity contribution >= 4 is 12.0 Å². The maximum atomic E-state index is 11.6. The van der Waals surface area contributed by atoms with E-state index in [2.05, 4.69) is 17.6 Å². The van der Waals surface area contributed by atoms with Crippen LogP contribution in [-0.4, -0.2) is 29.7 Å². The molecule has 0 aliphatic heterocycles. The summed E-state index contributed by atoms with van der Waals surface area (Å²) in [7, 11) is 0. The van der Waals surface area contributed by atoms with Gasteiger partial charge in [0.25, 0.3) is 0 Å². The van der Waals surface area contributed by atoms with Gasteiger partial charge in [0, 0.05) is 12.6 Å². The average molecular weight is 256 g/mol. The number of carbonyl (C=O) groups excluding carboxylic acids is 1. The normalized spacial score (nSPS) is 23.4. The zero-order valence-corrected chi connectivity index (χ0v) is 11.1. The minimum atomic E-state index is -0.800. The highest BCUT2D eigenvalue weighted by Crippen LogP contribution is 2.24. The van der Waals surface area contributed by atoms with E-state index in [1.54, 1.807) is 0 Å². The molecule has 1 saturated carbocycles. The van der Waals surface area contributed by atoms with E-state index in [0.29, 0.717) is 13.0 Å². The largest absolute Gasteiger partial charge is 0.481 e. The van der Waals surface area contributed by atoms with Gasteiger partial charge >= 0.3 is 12.0 Å². The summed E-state index contributed by atoms with van der Waals surface area (Å²) >= 11 is 0. The van der Waals surface area contributed by atoms with Crippen molar-refractivity contribution < 1.29 is 14.7 Å². The first-order valence-corrected chi connectivity index (χ1v) is 6.92. The van der Waals surface area contributed by atoms with E-state index >= 15 is 0 Å². The van der Waals surface area contributed by atoms with Crippen molar-refractivity contribution in [2.75, 3.05) is 6.54 Å². The number of urea groups is 1. The van der Waals surface area contributed by atoms with Gasteiger partial charge in [-0.1, -0.05) is 32.6 Å². The Bertz CT molecular complexity index is 281. The molecule has 0 aromatic carbocycles. The van der Waals surface area contributed by atoms with Gasteiger partial charge in [0.05, 0.1) is 5.92 Å². The van der Waals surface area contributed by atoms with Gasteiger partial charge in [-0.3, -0.25) is 4.79 Å². The van der Waals surface area contributed by atoms with Crippen molar-refractivity contribution in [3.05, 3.63) is 0 Å². The van der Waals surface area contributed by atoms with Crippen molar-refractivity contribution in [1.82, 2.24) is 10.6 Å². The lowest BCUT2D eigenvalue weighted by Crippen LogP contribution is -2.48. The molecule has 0 saturated heterocycles.